The average Bonchev–Trinajstić information content (AvgIpc) is 2.69. The molecule has 0 aliphatic rings. The molecule has 1 aromatic heterocycles. The summed E-state index contributed by atoms with van der Waals surface area (Å²) in [7, 11) is -3.61. The summed E-state index contributed by atoms with van der Waals surface area (Å²) in [5, 5.41) is 0. The first-order valence-corrected chi connectivity index (χ1v) is 7.10. The standard InChI is InChI=1S/C11H11BrN2O2S/c1-8-3-2-4-10(11(8)13)17(15,16)14-6-5-9(12)7-14/h2-7H,13H2,1H3. The van der Waals surface area contributed by atoms with Crippen molar-refractivity contribution in [1.29, 1.82) is 0 Å². The van der Waals surface area contributed by atoms with Crippen molar-refractivity contribution >= 4 is 31.6 Å². The number of halogens is 1. The number of nitrogens with two attached hydrogens (primary N) is 1. The normalized spacial score (nSPS) is 11.6. The van der Waals surface area contributed by atoms with Crippen molar-refractivity contribution in [3.05, 3.63) is 46.7 Å². The van der Waals surface area contributed by atoms with Gasteiger partial charge in [-0.05, 0) is 40.5 Å². The Balaban J connectivity index is 2.64. The Hall–Kier alpha value is -1.27. The number of hydrogen-bond acceptors (Lipinski definition) is 3. The van der Waals surface area contributed by atoms with E-state index in [1.165, 1.54) is 18.5 Å². The van der Waals surface area contributed by atoms with Crippen molar-refractivity contribution in [2.24, 2.45) is 0 Å². The minimum absolute atomic E-state index is 0.126. The van der Waals surface area contributed by atoms with E-state index in [9.17, 15) is 8.42 Å². The predicted molar refractivity (Wildman–Crippen MR) is 70.3 cm³/mol. The fourth-order valence-electron chi connectivity index (χ4n) is 1.49. The van der Waals surface area contributed by atoms with Crippen LogP contribution in [0, 0.1) is 6.92 Å². The highest BCUT2D eigenvalue weighted by Crippen LogP contribution is 2.25. The second-order valence-corrected chi connectivity index (χ2v) is 6.38. The van der Waals surface area contributed by atoms with Crippen LogP contribution in [0.15, 0.2) is 46.0 Å². The maximum atomic E-state index is 12.3. The van der Waals surface area contributed by atoms with E-state index in [2.05, 4.69) is 15.9 Å². The van der Waals surface area contributed by atoms with Crippen LogP contribution in [-0.2, 0) is 10.0 Å². The molecule has 0 saturated carbocycles. The Kier molecular flexibility index (Phi) is 3.01. The van der Waals surface area contributed by atoms with Crippen LogP contribution in [0.3, 0.4) is 0 Å². The van der Waals surface area contributed by atoms with Crippen LogP contribution in [-0.4, -0.2) is 12.4 Å². The Labute approximate surface area is 108 Å². The van der Waals surface area contributed by atoms with Crippen molar-refractivity contribution in [3.8, 4) is 0 Å². The highest BCUT2D eigenvalue weighted by atomic mass is 79.9. The highest BCUT2D eigenvalue weighted by Gasteiger charge is 2.20. The van der Waals surface area contributed by atoms with E-state index < -0.39 is 10.0 Å². The smallest absolute Gasteiger partial charge is 0.269 e. The Morgan fingerprint density at radius 1 is 1.29 bits per heavy atom. The summed E-state index contributed by atoms with van der Waals surface area (Å²) in [5.74, 6) is 0. The first-order chi connectivity index (χ1) is 7.93. The van der Waals surface area contributed by atoms with E-state index in [1.54, 1.807) is 25.1 Å². The van der Waals surface area contributed by atoms with E-state index in [0.29, 0.717) is 4.47 Å². The molecule has 0 amide bonds. The molecule has 0 saturated heterocycles. The molecule has 0 unspecified atom stereocenters. The zero-order valence-corrected chi connectivity index (χ0v) is 11.5. The van der Waals surface area contributed by atoms with Gasteiger partial charge < -0.3 is 5.73 Å². The third-order valence-corrected chi connectivity index (χ3v) is 4.63. The topological polar surface area (TPSA) is 65.1 Å². The lowest BCUT2D eigenvalue weighted by molar-refractivity contribution is 0.588. The van der Waals surface area contributed by atoms with Crippen LogP contribution in [0.25, 0.3) is 0 Å². The zero-order valence-electron chi connectivity index (χ0n) is 9.09. The number of benzene rings is 1. The van der Waals surface area contributed by atoms with E-state index in [0.717, 1.165) is 9.54 Å². The molecule has 0 aliphatic heterocycles. The number of aryl methyl sites for hydroxylation is 1. The van der Waals surface area contributed by atoms with Crippen LogP contribution in [0.1, 0.15) is 5.56 Å². The second kappa shape index (κ2) is 4.19. The molecule has 2 rings (SSSR count). The first kappa shape index (κ1) is 12.2. The minimum atomic E-state index is -3.61. The molecule has 0 radical (unpaired) electrons. The van der Waals surface area contributed by atoms with E-state index in [-0.39, 0.29) is 10.6 Å². The average molecular weight is 315 g/mol. The van der Waals surface area contributed by atoms with Gasteiger partial charge in [0.1, 0.15) is 4.90 Å². The van der Waals surface area contributed by atoms with Gasteiger partial charge in [-0.1, -0.05) is 12.1 Å². The molecule has 17 heavy (non-hydrogen) atoms. The number of anilines is 1. The molecule has 1 heterocycles. The third-order valence-electron chi connectivity index (χ3n) is 2.47. The molecule has 2 N–H and O–H groups in total. The van der Waals surface area contributed by atoms with Gasteiger partial charge in [0.05, 0.1) is 5.69 Å². The molecule has 4 nitrogen and oxygen atoms in total. The van der Waals surface area contributed by atoms with Crippen molar-refractivity contribution in [2.75, 3.05) is 5.73 Å². The number of aromatic nitrogens is 1. The molecule has 0 aliphatic carbocycles. The van der Waals surface area contributed by atoms with Gasteiger partial charge in [-0.2, -0.15) is 0 Å². The van der Waals surface area contributed by atoms with Gasteiger partial charge in [0.15, 0.2) is 0 Å². The van der Waals surface area contributed by atoms with Gasteiger partial charge in [-0.3, -0.25) is 0 Å². The molecule has 2 aromatic rings. The fourth-order valence-corrected chi connectivity index (χ4v) is 3.36. The monoisotopic (exact) mass is 314 g/mol. The predicted octanol–water partition coefficient (Wildman–Crippen LogP) is 2.38. The molecule has 6 heteroatoms. The minimum Gasteiger partial charge on any atom is -0.397 e. The summed E-state index contributed by atoms with van der Waals surface area (Å²) in [4.78, 5) is 0.126. The lowest BCUT2D eigenvalue weighted by atomic mass is 10.2. The largest absolute Gasteiger partial charge is 0.397 e. The summed E-state index contributed by atoms with van der Waals surface area (Å²) < 4.78 is 26.4. The van der Waals surface area contributed by atoms with E-state index >= 15 is 0 Å². The van der Waals surface area contributed by atoms with Crippen molar-refractivity contribution in [1.82, 2.24) is 3.97 Å². The molecule has 0 spiro atoms. The van der Waals surface area contributed by atoms with E-state index in [1.807, 2.05) is 0 Å². The molecule has 0 fully saturated rings. The second-order valence-electron chi connectivity index (χ2n) is 3.65. The summed E-state index contributed by atoms with van der Waals surface area (Å²) in [6, 6.07) is 6.62. The SMILES string of the molecule is Cc1cccc(S(=O)(=O)n2ccc(Br)c2)c1N. The summed E-state index contributed by atoms with van der Waals surface area (Å²) >= 11 is 3.21. The van der Waals surface area contributed by atoms with Gasteiger partial charge in [-0.15, -0.1) is 0 Å². The van der Waals surface area contributed by atoms with Crippen LogP contribution in [0.2, 0.25) is 0 Å². The Bertz CT molecular complexity index is 662. The van der Waals surface area contributed by atoms with Crippen LogP contribution >= 0.6 is 15.9 Å². The van der Waals surface area contributed by atoms with E-state index in [4.69, 9.17) is 5.73 Å². The van der Waals surface area contributed by atoms with Gasteiger partial charge in [0.2, 0.25) is 0 Å². The fraction of sp³-hybridized carbons (Fsp3) is 0.0909. The molecular formula is C11H11BrN2O2S. The van der Waals surface area contributed by atoms with Gasteiger partial charge >= 0.3 is 0 Å². The molecule has 0 bridgehead atoms. The highest BCUT2D eigenvalue weighted by molar-refractivity contribution is 9.10. The lowest BCUT2D eigenvalue weighted by Gasteiger charge is -2.09. The van der Waals surface area contributed by atoms with Gasteiger partial charge in [0, 0.05) is 16.9 Å². The van der Waals surface area contributed by atoms with Crippen LogP contribution < -0.4 is 5.73 Å². The summed E-state index contributed by atoms with van der Waals surface area (Å²) in [6.07, 6.45) is 2.96. The Morgan fingerprint density at radius 3 is 2.59 bits per heavy atom. The maximum Gasteiger partial charge on any atom is 0.269 e. The zero-order chi connectivity index (χ0) is 12.6. The van der Waals surface area contributed by atoms with Crippen molar-refractivity contribution in [3.63, 3.8) is 0 Å². The number of para-hydroxylation sites is 1. The number of rotatable bonds is 2. The number of nitrogens with zero attached hydrogens (tertiary/aromatic N) is 1. The van der Waals surface area contributed by atoms with Gasteiger partial charge in [-0.25, -0.2) is 12.4 Å². The van der Waals surface area contributed by atoms with Gasteiger partial charge in [0.25, 0.3) is 10.0 Å². The molecule has 1 aromatic carbocycles. The van der Waals surface area contributed by atoms with Crippen LogP contribution in [0.4, 0.5) is 5.69 Å². The maximum absolute atomic E-state index is 12.3. The quantitative estimate of drug-likeness (QED) is 0.865. The lowest BCUT2D eigenvalue weighted by Crippen LogP contribution is -2.13. The Morgan fingerprint density at radius 2 is 2.00 bits per heavy atom. The van der Waals surface area contributed by atoms with Crippen molar-refractivity contribution in [2.45, 2.75) is 11.8 Å². The van der Waals surface area contributed by atoms with Crippen molar-refractivity contribution < 1.29 is 8.42 Å². The molecular weight excluding hydrogens is 304 g/mol. The summed E-state index contributed by atoms with van der Waals surface area (Å²) in [6.45, 7) is 1.78. The number of nitrogen functional groups attached to an aromatic ring is 1. The number of hydrogen-bond donors (Lipinski definition) is 1. The third kappa shape index (κ3) is 2.10. The summed E-state index contributed by atoms with van der Waals surface area (Å²) in [5.41, 5.74) is 6.85. The van der Waals surface area contributed by atoms with Crippen LogP contribution in [0.5, 0.6) is 0 Å². The first-order valence-electron chi connectivity index (χ1n) is 4.87. The molecule has 90 valence electrons. The molecule has 0 atom stereocenters.